The molecule has 1 aliphatic rings. The van der Waals surface area contributed by atoms with Crippen molar-refractivity contribution in [2.75, 3.05) is 32.8 Å². The maximum absolute atomic E-state index is 12.9. The van der Waals surface area contributed by atoms with Crippen LogP contribution in [0.2, 0.25) is 0 Å². The third-order valence-corrected chi connectivity index (χ3v) is 5.58. The van der Waals surface area contributed by atoms with Gasteiger partial charge in [-0.2, -0.15) is 0 Å². The SMILES string of the molecule is CCOc1cc2oc(C)c(C)c2cc1/C(C)=C/C(=O)N1CCN(C(=O)OC(C)(C)C)CC1. The highest BCUT2D eigenvalue weighted by molar-refractivity contribution is 5.97. The molecule has 0 saturated carbocycles. The molecule has 0 N–H and O–H groups in total. The summed E-state index contributed by atoms with van der Waals surface area (Å²) in [5, 5.41) is 1.02. The van der Waals surface area contributed by atoms with Gasteiger partial charge in [0.05, 0.1) is 6.61 Å². The number of carbonyl (C=O) groups excluding carboxylic acids is 2. The molecule has 1 aromatic carbocycles. The fourth-order valence-corrected chi connectivity index (χ4v) is 3.74. The minimum absolute atomic E-state index is 0.0750. The number of piperazine rings is 1. The second kappa shape index (κ2) is 9.27. The van der Waals surface area contributed by atoms with E-state index in [1.807, 2.05) is 60.6 Å². The number of carbonyl (C=O) groups is 2. The number of benzene rings is 1. The molecule has 0 atom stereocenters. The number of amides is 2. The number of aryl methyl sites for hydroxylation is 2. The Morgan fingerprint density at radius 2 is 1.72 bits per heavy atom. The molecule has 1 saturated heterocycles. The lowest BCUT2D eigenvalue weighted by atomic mass is 10.0. The van der Waals surface area contributed by atoms with Crippen molar-refractivity contribution < 1.29 is 23.5 Å². The van der Waals surface area contributed by atoms with E-state index in [-0.39, 0.29) is 12.0 Å². The Bertz CT molecular complexity index is 1040. The van der Waals surface area contributed by atoms with Gasteiger partial charge in [-0.1, -0.05) is 0 Å². The first kappa shape index (κ1) is 23.7. The predicted molar refractivity (Wildman–Crippen MR) is 125 cm³/mol. The van der Waals surface area contributed by atoms with Gasteiger partial charge < -0.3 is 23.7 Å². The summed E-state index contributed by atoms with van der Waals surface area (Å²) in [6.07, 6.45) is 1.31. The molecule has 1 aromatic heterocycles. The molecule has 0 radical (unpaired) electrons. The first-order valence-electron chi connectivity index (χ1n) is 11.1. The number of furan rings is 1. The van der Waals surface area contributed by atoms with Gasteiger partial charge in [-0.25, -0.2) is 4.79 Å². The summed E-state index contributed by atoms with van der Waals surface area (Å²) in [5.74, 6) is 1.50. The lowest BCUT2D eigenvalue weighted by Crippen LogP contribution is -2.51. The highest BCUT2D eigenvalue weighted by Crippen LogP contribution is 2.35. The second-order valence-electron chi connectivity index (χ2n) is 9.18. The first-order chi connectivity index (χ1) is 15.0. The smallest absolute Gasteiger partial charge is 0.410 e. The third kappa shape index (κ3) is 5.26. The molecule has 2 aromatic rings. The van der Waals surface area contributed by atoms with Crippen LogP contribution in [0, 0.1) is 13.8 Å². The first-order valence-corrected chi connectivity index (χ1v) is 11.1. The van der Waals surface area contributed by atoms with Crippen LogP contribution in [0.3, 0.4) is 0 Å². The van der Waals surface area contributed by atoms with Crippen LogP contribution in [0.1, 0.15) is 51.5 Å². The number of rotatable bonds is 4. The van der Waals surface area contributed by atoms with Crippen LogP contribution < -0.4 is 4.74 Å². The van der Waals surface area contributed by atoms with Crippen LogP contribution in [0.15, 0.2) is 22.6 Å². The molecular formula is C25H34N2O5. The van der Waals surface area contributed by atoms with E-state index < -0.39 is 5.60 Å². The maximum Gasteiger partial charge on any atom is 0.410 e. The summed E-state index contributed by atoms with van der Waals surface area (Å²) >= 11 is 0. The molecule has 2 amide bonds. The van der Waals surface area contributed by atoms with E-state index in [0.717, 1.165) is 33.4 Å². The van der Waals surface area contributed by atoms with Crippen molar-refractivity contribution in [1.82, 2.24) is 9.80 Å². The molecule has 174 valence electrons. The van der Waals surface area contributed by atoms with Crippen LogP contribution in [0.4, 0.5) is 4.79 Å². The van der Waals surface area contributed by atoms with E-state index in [0.29, 0.717) is 38.5 Å². The summed E-state index contributed by atoms with van der Waals surface area (Å²) in [6.45, 7) is 15.7. The molecule has 2 heterocycles. The van der Waals surface area contributed by atoms with Crippen LogP contribution in [0.25, 0.3) is 16.5 Å². The van der Waals surface area contributed by atoms with Gasteiger partial charge in [-0.05, 0) is 65.7 Å². The van der Waals surface area contributed by atoms with E-state index in [1.165, 1.54) is 0 Å². The predicted octanol–water partition coefficient (Wildman–Crippen LogP) is 4.93. The number of fused-ring (bicyclic) bond motifs is 1. The van der Waals surface area contributed by atoms with E-state index in [4.69, 9.17) is 13.9 Å². The molecule has 1 aliphatic heterocycles. The summed E-state index contributed by atoms with van der Waals surface area (Å²) < 4.78 is 17.1. The molecular weight excluding hydrogens is 408 g/mol. The van der Waals surface area contributed by atoms with Crippen molar-refractivity contribution in [1.29, 1.82) is 0 Å². The highest BCUT2D eigenvalue weighted by atomic mass is 16.6. The number of allylic oxidation sites excluding steroid dienone is 1. The van der Waals surface area contributed by atoms with Crippen molar-refractivity contribution in [3.05, 3.63) is 35.1 Å². The normalized spacial score (nSPS) is 15.3. The van der Waals surface area contributed by atoms with Crippen molar-refractivity contribution in [2.24, 2.45) is 0 Å². The van der Waals surface area contributed by atoms with Crippen molar-refractivity contribution >= 4 is 28.5 Å². The van der Waals surface area contributed by atoms with E-state index in [2.05, 4.69) is 0 Å². The van der Waals surface area contributed by atoms with E-state index >= 15 is 0 Å². The zero-order valence-electron chi connectivity index (χ0n) is 20.2. The Balaban J connectivity index is 1.75. The second-order valence-corrected chi connectivity index (χ2v) is 9.18. The van der Waals surface area contributed by atoms with Crippen molar-refractivity contribution in [3.63, 3.8) is 0 Å². The Morgan fingerprint density at radius 3 is 2.31 bits per heavy atom. The van der Waals surface area contributed by atoms with Crippen LogP contribution in [-0.4, -0.2) is 60.2 Å². The topological polar surface area (TPSA) is 72.2 Å². The Morgan fingerprint density at radius 1 is 1.09 bits per heavy atom. The van der Waals surface area contributed by atoms with Gasteiger partial charge in [-0.15, -0.1) is 0 Å². The zero-order chi connectivity index (χ0) is 23.6. The number of ether oxygens (including phenoxy) is 2. The Kier molecular flexibility index (Phi) is 6.86. The summed E-state index contributed by atoms with van der Waals surface area (Å²) in [5.41, 5.74) is 3.04. The molecule has 0 spiro atoms. The highest BCUT2D eigenvalue weighted by Gasteiger charge is 2.27. The standard InChI is InChI=1S/C25H34N2O5/c1-8-30-21-15-22-20(17(3)18(4)31-22)14-19(21)16(2)13-23(28)26-9-11-27(12-10-26)24(29)32-25(5,6)7/h13-15H,8-12H2,1-7H3/b16-13+. The number of hydrogen-bond acceptors (Lipinski definition) is 5. The molecule has 7 heteroatoms. The third-order valence-electron chi connectivity index (χ3n) is 5.58. The number of nitrogens with zero attached hydrogens (tertiary/aromatic N) is 2. The zero-order valence-corrected chi connectivity index (χ0v) is 20.2. The van der Waals surface area contributed by atoms with Gasteiger partial charge in [0.25, 0.3) is 0 Å². The lowest BCUT2D eigenvalue weighted by molar-refractivity contribution is -0.127. The van der Waals surface area contributed by atoms with Gasteiger partial charge in [0.15, 0.2) is 0 Å². The summed E-state index contributed by atoms with van der Waals surface area (Å²) in [4.78, 5) is 28.6. The molecule has 0 aliphatic carbocycles. The minimum atomic E-state index is -0.533. The lowest BCUT2D eigenvalue weighted by Gasteiger charge is -2.35. The Hall–Kier alpha value is -2.96. The summed E-state index contributed by atoms with van der Waals surface area (Å²) in [6, 6.07) is 3.93. The fourth-order valence-electron chi connectivity index (χ4n) is 3.74. The molecule has 7 nitrogen and oxygen atoms in total. The molecule has 3 rings (SSSR count). The van der Waals surface area contributed by atoms with Gasteiger partial charge in [0.1, 0.15) is 22.7 Å². The van der Waals surface area contributed by atoms with Gasteiger partial charge in [-0.3, -0.25) is 4.79 Å². The minimum Gasteiger partial charge on any atom is -0.493 e. The molecule has 32 heavy (non-hydrogen) atoms. The maximum atomic E-state index is 12.9. The van der Waals surface area contributed by atoms with Gasteiger partial charge in [0.2, 0.25) is 5.91 Å². The Labute approximate surface area is 189 Å². The van der Waals surface area contributed by atoms with Crippen LogP contribution in [0.5, 0.6) is 5.75 Å². The average Bonchev–Trinajstić information content (AvgIpc) is 2.99. The van der Waals surface area contributed by atoms with E-state index in [1.54, 1.807) is 15.9 Å². The molecule has 1 fully saturated rings. The van der Waals surface area contributed by atoms with Crippen LogP contribution >= 0.6 is 0 Å². The summed E-state index contributed by atoms with van der Waals surface area (Å²) in [7, 11) is 0. The van der Waals surface area contributed by atoms with E-state index in [9.17, 15) is 9.59 Å². The largest absolute Gasteiger partial charge is 0.493 e. The quantitative estimate of drug-likeness (QED) is 0.628. The fraction of sp³-hybridized carbons (Fsp3) is 0.520. The number of hydrogen-bond donors (Lipinski definition) is 0. The molecule has 0 bridgehead atoms. The molecule has 0 unspecified atom stereocenters. The average molecular weight is 443 g/mol. The van der Waals surface area contributed by atoms with Crippen molar-refractivity contribution in [2.45, 2.75) is 54.1 Å². The van der Waals surface area contributed by atoms with Crippen LogP contribution in [-0.2, 0) is 9.53 Å². The van der Waals surface area contributed by atoms with Crippen molar-refractivity contribution in [3.8, 4) is 5.75 Å². The van der Waals surface area contributed by atoms with Gasteiger partial charge >= 0.3 is 6.09 Å². The van der Waals surface area contributed by atoms with Gasteiger partial charge in [0, 0.05) is 49.3 Å². The monoisotopic (exact) mass is 442 g/mol.